The van der Waals surface area contributed by atoms with Crippen LogP contribution < -0.4 is 0 Å². The first-order chi connectivity index (χ1) is 9.28. The number of rotatable bonds is 5. The molecule has 0 bridgehead atoms. The first kappa shape index (κ1) is 14.5. The van der Waals surface area contributed by atoms with Crippen molar-refractivity contribution in [2.75, 3.05) is 12.9 Å². The molecule has 0 radical (unpaired) electrons. The minimum atomic E-state index is -3.55. The van der Waals surface area contributed by atoms with Gasteiger partial charge in [0.05, 0.1) is 17.8 Å². The summed E-state index contributed by atoms with van der Waals surface area (Å²) in [4.78, 5) is 13.7. The lowest BCUT2D eigenvalue weighted by Gasteiger charge is -2.05. The van der Waals surface area contributed by atoms with Crippen molar-refractivity contribution in [2.24, 2.45) is 0 Å². The average molecular weight is 298 g/mol. The SMILES string of the molecule is Cc1cc2c(CCOS(C)(=O)=O)c([N+](=O)[O-])ccc2[nH]1. The van der Waals surface area contributed by atoms with Gasteiger partial charge in [-0.15, -0.1) is 0 Å². The summed E-state index contributed by atoms with van der Waals surface area (Å²) in [6.45, 7) is 1.73. The smallest absolute Gasteiger partial charge is 0.273 e. The monoisotopic (exact) mass is 298 g/mol. The Balaban J connectivity index is 2.41. The number of H-pyrrole nitrogens is 1. The predicted octanol–water partition coefficient (Wildman–Crippen LogP) is 1.90. The molecule has 1 aromatic carbocycles. The molecule has 0 amide bonds. The van der Waals surface area contributed by atoms with Gasteiger partial charge in [0.15, 0.2) is 0 Å². The van der Waals surface area contributed by atoms with E-state index in [1.165, 1.54) is 6.07 Å². The van der Waals surface area contributed by atoms with Crippen molar-refractivity contribution in [1.82, 2.24) is 4.98 Å². The van der Waals surface area contributed by atoms with Gasteiger partial charge in [0, 0.05) is 34.6 Å². The Kier molecular flexibility index (Phi) is 3.78. The number of hydrogen-bond acceptors (Lipinski definition) is 5. The van der Waals surface area contributed by atoms with Crippen LogP contribution in [-0.2, 0) is 20.7 Å². The Morgan fingerprint density at radius 1 is 1.40 bits per heavy atom. The summed E-state index contributed by atoms with van der Waals surface area (Å²) in [6.07, 6.45) is 1.10. The molecule has 0 aliphatic rings. The van der Waals surface area contributed by atoms with Crippen molar-refractivity contribution in [3.05, 3.63) is 39.6 Å². The highest BCUT2D eigenvalue weighted by Gasteiger charge is 2.18. The lowest BCUT2D eigenvalue weighted by atomic mass is 10.1. The molecule has 1 aromatic heterocycles. The number of nitro benzene ring substituents is 1. The van der Waals surface area contributed by atoms with E-state index >= 15 is 0 Å². The molecular weight excluding hydrogens is 284 g/mol. The summed E-state index contributed by atoms with van der Waals surface area (Å²) in [5.41, 5.74) is 2.10. The fraction of sp³-hybridized carbons (Fsp3) is 0.333. The van der Waals surface area contributed by atoms with Crippen LogP contribution in [0.5, 0.6) is 0 Å². The zero-order chi connectivity index (χ0) is 14.9. The second-order valence-electron chi connectivity index (χ2n) is 4.51. The molecule has 108 valence electrons. The van der Waals surface area contributed by atoms with E-state index in [2.05, 4.69) is 9.17 Å². The van der Waals surface area contributed by atoms with Crippen LogP contribution in [0.1, 0.15) is 11.3 Å². The van der Waals surface area contributed by atoms with Crippen molar-refractivity contribution in [1.29, 1.82) is 0 Å². The Morgan fingerprint density at radius 3 is 2.70 bits per heavy atom. The highest BCUT2D eigenvalue weighted by molar-refractivity contribution is 7.85. The van der Waals surface area contributed by atoms with Crippen LogP contribution in [-0.4, -0.2) is 31.2 Å². The number of aryl methyl sites for hydroxylation is 1. The Hall–Kier alpha value is -1.93. The molecule has 2 aromatic rings. The van der Waals surface area contributed by atoms with Crippen molar-refractivity contribution in [3.8, 4) is 0 Å². The molecule has 20 heavy (non-hydrogen) atoms. The summed E-state index contributed by atoms with van der Waals surface area (Å²) in [5, 5.41) is 11.8. The highest BCUT2D eigenvalue weighted by Crippen LogP contribution is 2.29. The van der Waals surface area contributed by atoms with Crippen molar-refractivity contribution < 1.29 is 17.5 Å². The van der Waals surface area contributed by atoms with Gasteiger partial charge in [0.1, 0.15) is 0 Å². The highest BCUT2D eigenvalue weighted by atomic mass is 32.2. The summed E-state index contributed by atoms with van der Waals surface area (Å²) >= 11 is 0. The average Bonchev–Trinajstić information content (AvgIpc) is 2.67. The summed E-state index contributed by atoms with van der Waals surface area (Å²) in [6, 6.07) is 4.85. The molecule has 0 aliphatic heterocycles. The third-order valence-corrected chi connectivity index (χ3v) is 3.47. The second-order valence-corrected chi connectivity index (χ2v) is 6.15. The quantitative estimate of drug-likeness (QED) is 0.516. The zero-order valence-electron chi connectivity index (χ0n) is 11.0. The number of aromatic amines is 1. The number of aromatic nitrogens is 1. The van der Waals surface area contributed by atoms with Crippen LogP contribution in [0, 0.1) is 17.0 Å². The number of nitrogens with one attached hydrogen (secondary N) is 1. The summed E-state index contributed by atoms with van der Waals surface area (Å²) in [5.74, 6) is 0. The van der Waals surface area contributed by atoms with E-state index in [4.69, 9.17) is 0 Å². The molecule has 0 saturated carbocycles. The molecular formula is C12H14N2O5S. The molecule has 1 N–H and O–H groups in total. The standard InChI is InChI=1S/C12H14N2O5S/c1-8-7-10-9(5-6-19-20(2,17)18)12(14(15)16)4-3-11(10)13-8/h3-4,7,13H,5-6H2,1-2H3. The molecule has 7 nitrogen and oxygen atoms in total. The van der Waals surface area contributed by atoms with Crippen molar-refractivity contribution in [2.45, 2.75) is 13.3 Å². The summed E-state index contributed by atoms with van der Waals surface area (Å²) < 4.78 is 26.6. The van der Waals surface area contributed by atoms with E-state index in [-0.39, 0.29) is 18.7 Å². The molecule has 8 heteroatoms. The Bertz CT molecular complexity index is 763. The molecule has 0 fully saturated rings. The maximum Gasteiger partial charge on any atom is 0.273 e. The fourth-order valence-corrected chi connectivity index (χ4v) is 2.51. The van der Waals surface area contributed by atoms with Crippen LogP contribution in [0.15, 0.2) is 18.2 Å². The van der Waals surface area contributed by atoms with Crippen molar-refractivity contribution in [3.63, 3.8) is 0 Å². The maximum atomic E-state index is 11.1. The molecule has 0 saturated heterocycles. The molecule has 2 rings (SSSR count). The maximum absolute atomic E-state index is 11.1. The van der Waals surface area contributed by atoms with E-state index in [0.717, 1.165) is 17.5 Å². The van der Waals surface area contributed by atoms with Gasteiger partial charge < -0.3 is 4.98 Å². The molecule has 0 spiro atoms. The Morgan fingerprint density at radius 2 is 2.10 bits per heavy atom. The largest absolute Gasteiger partial charge is 0.359 e. The van der Waals surface area contributed by atoms with E-state index in [1.54, 1.807) is 12.1 Å². The van der Waals surface area contributed by atoms with E-state index in [1.807, 2.05) is 6.92 Å². The van der Waals surface area contributed by atoms with Gasteiger partial charge in [-0.1, -0.05) is 0 Å². The van der Waals surface area contributed by atoms with Gasteiger partial charge in [0.2, 0.25) is 0 Å². The van der Waals surface area contributed by atoms with Crippen LogP contribution in [0.25, 0.3) is 10.9 Å². The van der Waals surface area contributed by atoms with Crippen LogP contribution in [0.2, 0.25) is 0 Å². The number of nitrogens with zero attached hydrogens (tertiary/aromatic N) is 1. The third-order valence-electron chi connectivity index (χ3n) is 2.87. The molecule has 0 atom stereocenters. The van der Waals surface area contributed by atoms with Crippen LogP contribution >= 0.6 is 0 Å². The first-order valence-corrected chi connectivity index (χ1v) is 7.69. The number of hydrogen-bond donors (Lipinski definition) is 1. The van der Waals surface area contributed by atoms with Crippen LogP contribution in [0.3, 0.4) is 0 Å². The third kappa shape index (κ3) is 3.14. The van der Waals surface area contributed by atoms with E-state index < -0.39 is 15.0 Å². The van der Waals surface area contributed by atoms with Gasteiger partial charge in [-0.05, 0) is 19.1 Å². The molecule has 0 aliphatic carbocycles. The minimum absolute atomic E-state index is 0.0337. The van der Waals surface area contributed by atoms with Gasteiger partial charge in [-0.25, -0.2) is 0 Å². The lowest BCUT2D eigenvalue weighted by Crippen LogP contribution is -2.07. The van der Waals surface area contributed by atoms with E-state index in [0.29, 0.717) is 10.9 Å². The normalized spacial score (nSPS) is 11.9. The van der Waals surface area contributed by atoms with Crippen molar-refractivity contribution >= 4 is 26.7 Å². The number of nitro groups is 1. The van der Waals surface area contributed by atoms with E-state index in [9.17, 15) is 18.5 Å². The van der Waals surface area contributed by atoms with Gasteiger partial charge in [0.25, 0.3) is 15.8 Å². The first-order valence-electron chi connectivity index (χ1n) is 5.88. The van der Waals surface area contributed by atoms with Gasteiger partial charge >= 0.3 is 0 Å². The Labute approximate surface area is 115 Å². The molecule has 1 heterocycles. The lowest BCUT2D eigenvalue weighted by molar-refractivity contribution is -0.385. The predicted molar refractivity (Wildman–Crippen MR) is 74.2 cm³/mol. The molecule has 0 unspecified atom stereocenters. The summed E-state index contributed by atoms with van der Waals surface area (Å²) in [7, 11) is -3.55. The zero-order valence-corrected chi connectivity index (χ0v) is 11.9. The fourth-order valence-electron chi connectivity index (χ4n) is 2.12. The van der Waals surface area contributed by atoms with Gasteiger partial charge in [-0.3, -0.25) is 14.3 Å². The second kappa shape index (κ2) is 5.22. The van der Waals surface area contributed by atoms with Crippen LogP contribution in [0.4, 0.5) is 5.69 Å². The number of fused-ring (bicyclic) bond motifs is 1. The minimum Gasteiger partial charge on any atom is -0.359 e. The van der Waals surface area contributed by atoms with Gasteiger partial charge in [-0.2, -0.15) is 8.42 Å². The topological polar surface area (TPSA) is 102 Å². The number of benzene rings is 1.